The van der Waals surface area contributed by atoms with Gasteiger partial charge in [0.05, 0.1) is 0 Å². The van der Waals surface area contributed by atoms with Crippen molar-refractivity contribution in [2.45, 2.75) is 26.7 Å². The SMILES string of the molecule is CCC=NNC(=S)SC.CCC=NNC(=S)SC.[Pt]. The summed E-state index contributed by atoms with van der Waals surface area (Å²) in [5.74, 6) is 0. The van der Waals surface area contributed by atoms with Crippen molar-refractivity contribution < 1.29 is 21.1 Å². The van der Waals surface area contributed by atoms with Crippen LogP contribution < -0.4 is 10.9 Å². The van der Waals surface area contributed by atoms with Crippen LogP contribution in [0.15, 0.2) is 10.2 Å². The van der Waals surface area contributed by atoms with E-state index in [1.165, 1.54) is 23.5 Å². The smallest absolute Gasteiger partial charge is 0.153 e. The molecule has 0 unspecified atom stereocenters. The van der Waals surface area contributed by atoms with Crippen molar-refractivity contribution >= 4 is 69.0 Å². The zero-order chi connectivity index (χ0) is 14.2. The quantitative estimate of drug-likeness (QED) is 0.338. The van der Waals surface area contributed by atoms with E-state index in [1.54, 1.807) is 12.4 Å². The molecule has 19 heavy (non-hydrogen) atoms. The van der Waals surface area contributed by atoms with Crippen molar-refractivity contribution in [2.75, 3.05) is 12.5 Å². The maximum absolute atomic E-state index is 4.81. The number of nitrogens with zero attached hydrogens (tertiary/aromatic N) is 2. The molecular weight excluding hydrogens is 499 g/mol. The van der Waals surface area contributed by atoms with E-state index in [0.717, 1.165) is 12.8 Å². The van der Waals surface area contributed by atoms with Crippen molar-refractivity contribution in [1.82, 2.24) is 10.9 Å². The van der Waals surface area contributed by atoms with Gasteiger partial charge in [-0.05, 0) is 25.4 Å². The number of hydrogen-bond acceptors (Lipinski definition) is 6. The Balaban J connectivity index is -0.000000256. The van der Waals surface area contributed by atoms with Gasteiger partial charge in [-0.15, -0.1) is 0 Å². The van der Waals surface area contributed by atoms with E-state index in [9.17, 15) is 0 Å². The summed E-state index contributed by atoms with van der Waals surface area (Å²) >= 11 is 12.6. The maximum atomic E-state index is 4.81. The van der Waals surface area contributed by atoms with Gasteiger partial charge in [0.2, 0.25) is 0 Å². The number of thiocarbonyl (C=S) groups is 2. The Morgan fingerprint density at radius 3 is 1.47 bits per heavy atom. The first kappa shape index (κ1) is 24.5. The number of hydrogen-bond donors (Lipinski definition) is 2. The number of nitrogens with one attached hydrogen (secondary N) is 2. The van der Waals surface area contributed by atoms with Crippen molar-refractivity contribution in [3.63, 3.8) is 0 Å². The number of thioether (sulfide) groups is 2. The van der Waals surface area contributed by atoms with E-state index in [1.807, 2.05) is 26.4 Å². The monoisotopic (exact) mass is 519 g/mol. The fraction of sp³-hybridized carbons (Fsp3) is 0.600. The van der Waals surface area contributed by atoms with Gasteiger partial charge in [0.15, 0.2) is 8.64 Å². The predicted molar refractivity (Wildman–Crippen MR) is 96.1 cm³/mol. The molecule has 0 rings (SSSR count). The zero-order valence-corrected chi connectivity index (χ0v) is 17.0. The van der Waals surface area contributed by atoms with Gasteiger partial charge in [-0.1, -0.05) is 61.8 Å². The molecule has 0 atom stereocenters. The second-order valence-corrected chi connectivity index (χ2v) is 5.61. The Kier molecular flexibility index (Phi) is 26.9. The molecule has 4 nitrogen and oxygen atoms in total. The van der Waals surface area contributed by atoms with E-state index in [0.29, 0.717) is 8.64 Å². The van der Waals surface area contributed by atoms with Gasteiger partial charge in [0.25, 0.3) is 0 Å². The molecule has 0 aliphatic carbocycles. The van der Waals surface area contributed by atoms with Gasteiger partial charge in [-0.3, -0.25) is 10.9 Å². The van der Waals surface area contributed by atoms with E-state index < -0.39 is 0 Å². The molecule has 0 aromatic heterocycles. The molecule has 2 N–H and O–H groups in total. The summed E-state index contributed by atoms with van der Waals surface area (Å²) in [5.41, 5.74) is 5.39. The van der Waals surface area contributed by atoms with E-state index >= 15 is 0 Å². The molecule has 0 aromatic carbocycles. The molecule has 0 saturated heterocycles. The topological polar surface area (TPSA) is 48.8 Å². The van der Waals surface area contributed by atoms with Crippen LogP contribution in [0.25, 0.3) is 0 Å². The van der Waals surface area contributed by atoms with Gasteiger partial charge in [0, 0.05) is 33.5 Å². The summed E-state index contributed by atoms with van der Waals surface area (Å²) < 4.78 is 1.42. The maximum Gasteiger partial charge on any atom is 0.153 e. The minimum Gasteiger partial charge on any atom is -0.263 e. The molecule has 0 bridgehead atoms. The molecular formula is C10H20N4PtS4. The minimum atomic E-state index is 0. The van der Waals surface area contributed by atoms with Gasteiger partial charge < -0.3 is 0 Å². The van der Waals surface area contributed by atoms with Crippen LogP contribution in [0.1, 0.15) is 26.7 Å². The minimum absolute atomic E-state index is 0. The second-order valence-electron chi connectivity index (χ2n) is 2.65. The molecule has 0 aromatic rings. The third-order valence-electron chi connectivity index (χ3n) is 1.23. The van der Waals surface area contributed by atoms with Crippen LogP contribution in [0.3, 0.4) is 0 Å². The van der Waals surface area contributed by atoms with Gasteiger partial charge in [-0.2, -0.15) is 10.2 Å². The Hall–Kier alpha value is 0.508. The average Bonchev–Trinajstić information content (AvgIpc) is 2.39. The normalized spacial score (nSPS) is 9.47. The molecule has 0 heterocycles. The molecule has 0 amide bonds. The summed E-state index contributed by atoms with van der Waals surface area (Å²) in [6.45, 7) is 4.04. The Morgan fingerprint density at radius 1 is 0.947 bits per heavy atom. The average molecular weight is 520 g/mol. The molecule has 0 radical (unpaired) electrons. The largest absolute Gasteiger partial charge is 0.263 e. The second kappa shape index (κ2) is 20.8. The molecule has 0 aliphatic rings. The van der Waals surface area contributed by atoms with Crippen molar-refractivity contribution in [3.8, 4) is 0 Å². The van der Waals surface area contributed by atoms with Crippen LogP contribution in [-0.4, -0.2) is 33.6 Å². The number of rotatable bonds is 4. The number of hydrazone groups is 2. The molecule has 0 spiro atoms. The molecule has 0 fully saturated rings. The summed E-state index contributed by atoms with van der Waals surface area (Å²) in [4.78, 5) is 0. The fourth-order valence-corrected chi connectivity index (χ4v) is 0.864. The summed E-state index contributed by atoms with van der Waals surface area (Å²) in [6.07, 6.45) is 9.26. The zero-order valence-electron chi connectivity index (χ0n) is 11.4. The summed E-state index contributed by atoms with van der Waals surface area (Å²) in [7, 11) is 0. The van der Waals surface area contributed by atoms with Crippen molar-refractivity contribution in [3.05, 3.63) is 0 Å². The first-order valence-electron chi connectivity index (χ1n) is 5.33. The van der Waals surface area contributed by atoms with Crippen molar-refractivity contribution in [1.29, 1.82) is 0 Å². The van der Waals surface area contributed by atoms with E-state index in [-0.39, 0.29) is 21.1 Å². The Labute approximate surface area is 149 Å². The Bertz CT molecular complexity index is 257. The van der Waals surface area contributed by atoms with Gasteiger partial charge in [-0.25, -0.2) is 0 Å². The molecule has 0 saturated carbocycles. The van der Waals surface area contributed by atoms with Gasteiger partial charge in [0.1, 0.15) is 0 Å². The fourth-order valence-electron chi connectivity index (χ4n) is 0.471. The molecule has 0 aliphatic heterocycles. The standard InChI is InChI=1S/2C5H10N2S2.Pt/c2*1-3-4-6-7-5(8)9-2;/h2*4H,3H2,1-2H3,(H,7,8);. The van der Waals surface area contributed by atoms with E-state index in [4.69, 9.17) is 24.4 Å². The van der Waals surface area contributed by atoms with Crippen LogP contribution in [0.4, 0.5) is 0 Å². The molecule has 9 heteroatoms. The van der Waals surface area contributed by atoms with Crippen LogP contribution in [0, 0.1) is 0 Å². The first-order chi connectivity index (χ1) is 8.62. The van der Waals surface area contributed by atoms with Crippen LogP contribution in [0.5, 0.6) is 0 Å². The van der Waals surface area contributed by atoms with Crippen LogP contribution >= 0.6 is 48.0 Å². The summed E-state index contributed by atoms with van der Waals surface area (Å²) in [5, 5.41) is 7.65. The van der Waals surface area contributed by atoms with Crippen molar-refractivity contribution in [2.24, 2.45) is 10.2 Å². The van der Waals surface area contributed by atoms with E-state index in [2.05, 4.69) is 21.1 Å². The molecule has 114 valence electrons. The third kappa shape index (κ3) is 24.0. The van der Waals surface area contributed by atoms with Gasteiger partial charge >= 0.3 is 0 Å². The Morgan fingerprint density at radius 2 is 1.26 bits per heavy atom. The van der Waals surface area contributed by atoms with Crippen LogP contribution in [0.2, 0.25) is 0 Å². The van der Waals surface area contributed by atoms with Crippen LogP contribution in [-0.2, 0) is 21.1 Å². The summed E-state index contributed by atoms with van der Waals surface area (Å²) in [6, 6.07) is 0. The third-order valence-corrected chi connectivity index (χ3v) is 3.34. The first-order valence-corrected chi connectivity index (χ1v) is 8.59. The predicted octanol–water partition coefficient (Wildman–Crippen LogP) is 3.24.